The van der Waals surface area contributed by atoms with Gasteiger partial charge in [0.25, 0.3) is 5.91 Å². The lowest BCUT2D eigenvalue weighted by Crippen LogP contribution is -2.54. The van der Waals surface area contributed by atoms with Gasteiger partial charge in [0.1, 0.15) is 18.2 Å². The SMILES string of the molecule is C=C1CCN([C@@H]2O[C@H](C(=O)NCCCC(=O)N[C@@H](CC(=O)O)C(=O)O)[C@@H](O)[C@H]2O)C(=O)N1. The highest BCUT2D eigenvalue weighted by Gasteiger charge is 2.50. The molecule has 4 amide bonds. The zero-order valence-corrected chi connectivity index (χ0v) is 17.0. The van der Waals surface area contributed by atoms with Crippen molar-refractivity contribution in [2.75, 3.05) is 13.1 Å². The summed E-state index contributed by atoms with van der Waals surface area (Å²) in [6.07, 6.45) is -6.27. The standard InChI is InChI=1S/C18H26N4O10/c1-8-4-6-22(18(31)20-8)16-13(27)12(26)14(32-16)15(28)19-5-2-3-10(23)21-9(17(29)30)7-11(24)25/h9,12-14,16,26-27H,1-7H2,(H,19,28)(H,20,31)(H,21,23)(H,24,25)(H,29,30)/t9-,12-,13+,14-,16+/m0/s1. The number of nitrogens with zero attached hydrogens (tertiary/aromatic N) is 1. The third kappa shape index (κ3) is 6.38. The van der Waals surface area contributed by atoms with Gasteiger partial charge in [-0.15, -0.1) is 0 Å². The molecule has 2 rings (SSSR count). The quantitative estimate of drug-likeness (QED) is 0.168. The number of urea groups is 1. The molecule has 0 aliphatic carbocycles. The first-order valence-corrected chi connectivity index (χ1v) is 9.80. The Hall–Kier alpha value is -3.23. The average molecular weight is 458 g/mol. The number of hydrogen-bond acceptors (Lipinski definition) is 8. The molecule has 178 valence electrons. The molecule has 0 saturated carbocycles. The molecule has 2 heterocycles. The zero-order chi connectivity index (χ0) is 24.0. The van der Waals surface area contributed by atoms with Crippen LogP contribution in [0.4, 0.5) is 4.79 Å². The number of nitrogens with one attached hydrogen (secondary N) is 3. The van der Waals surface area contributed by atoms with Crippen LogP contribution in [0.5, 0.6) is 0 Å². The van der Waals surface area contributed by atoms with Gasteiger partial charge in [0.15, 0.2) is 12.3 Å². The molecule has 2 aliphatic heterocycles. The average Bonchev–Trinajstić information content (AvgIpc) is 2.99. The molecule has 2 fully saturated rings. The van der Waals surface area contributed by atoms with Gasteiger partial charge >= 0.3 is 18.0 Å². The summed E-state index contributed by atoms with van der Waals surface area (Å²) in [5.41, 5.74) is 0.496. The predicted octanol–water partition coefficient (Wildman–Crippen LogP) is -2.70. The van der Waals surface area contributed by atoms with E-state index < -0.39 is 66.8 Å². The largest absolute Gasteiger partial charge is 0.481 e. The number of rotatable bonds is 10. The summed E-state index contributed by atoms with van der Waals surface area (Å²) in [5.74, 6) is -4.34. The van der Waals surface area contributed by atoms with Gasteiger partial charge in [-0.3, -0.25) is 19.3 Å². The summed E-state index contributed by atoms with van der Waals surface area (Å²) < 4.78 is 5.41. The summed E-state index contributed by atoms with van der Waals surface area (Å²) in [6.45, 7) is 3.78. The van der Waals surface area contributed by atoms with Crippen LogP contribution in [0.2, 0.25) is 0 Å². The number of ether oxygens (including phenoxy) is 1. The van der Waals surface area contributed by atoms with Crippen molar-refractivity contribution in [1.29, 1.82) is 0 Å². The highest BCUT2D eigenvalue weighted by molar-refractivity contribution is 5.87. The van der Waals surface area contributed by atoms with Crippen molar-refractivity contribution < 1.29 is 49.1 Å². The van der Waals surface area contributed by atoms with Gasteiger partial charge in [0.05, 0.1) is 6.42 Å². The Morgan fingerprint density at radius 1 is 1.22 bits per heavy atom. The lowest BCUT2D eigenvalue weighted by molar-refractivity contribution is -0.147. The lowest BCUT2D eigenvalue weighted by Gasteiger charge is -2.34. The Balaban J connectivity index is 1.78. The van der Waals surface area contributed by atoms with Crippen LogP contribution >= 0.6 is 0 Å². The Kier molecular flexibility index (Phi) is 8.51. The van der Waals surface area contributed by atoms with Crippen LogP contribution < -0.4 is 16.0 Å². The molecule has 0 unspecified atom stereocenters. The van der Waals surface area contributed by atoms with E-state index in [0.29, 0.717) is 12.1 Å². The second-order valence-corrected chi connectivity index (χ2v) is 7.36. The Bertz CT molecular complexity index is 788. The van der Waals surface area contributed by atoms with Gasteiger partial charge in [-0.2, -0.15) is 0 Å². The molecule has 32 heavy (non-hydrogen) atoms. The van der Waals surface area contributed by atoms with E-state index in [1.54, 1.807) is 0 Å². The van der Waals surface area contributed by atoms with E-state index in [0.717, 1.165) is 4.90 Å². The number of amides is 4. The topological polar surface area (TPSA) is 215 Å². The highest BCUT2D eigenvalue weighted by atomic mass is 16.6. The smallest absolute Gasteiger partial charge is 0.326 e. The summed E-state index contributed by atoms with van der Waals surface area (Å²) in [7, 11) is 0. The Morgan fingerprint density at radius 2 is 1.91 bits per heavy atom. The van der Waals surface area contributed by atoms with Crippen LogP contribution in [0.25, 0.3) is 0 Å². The maximum Gasteiger partial charge on any atom is 0.326 e. The molecule has 0 bridgehead atoms. The third-order valence-electron chi connectivity index (χ3n) is 4.89. The second kappa shape index (κ2) is 10.9. The maximum atomic E-state index is 12.3. The minimum absolute atomic E-state index is 0.0414. The van der Waals surface area contributed by atoms with Crippen LogP contribution in [0, 0.1) is 0 Å². The van der Waals surface area contributed by atoms with E-state index in [2.05, 4.69) is 22.5 Å². The Labute approximate surface area is 182 Å². The van der Waals surface area contributed by atoms with Gasteiger partial charge in [0, 0.05) is 31.6 Å². The van der Waals surface area contributed by atoms with Crippen molar-refractivity contribution in [3.05, 3.63) is 12.3 Å². The number of aliphatic carboxylic acids is 2. The molecular formula is C18H26N4O10. The molecule has 0 aromatic carbocycles. The minimum Gasteiger partial charge on any atom is -0.481 e. The highest BCUT2D eigenvalue weighted by Crippen LogP contribution is 2.26. The Morgan fingerprint density at radius 3 is 2.50 bits per heavy atom. The van der Waals surface area contributed by atoms with Crippen molar-refractivity contribution in [2.45, 2.75) is 56.3 Å². The van der Waals surface area contributed by atoms with Crippen molar-refractivity contribution in [3.63, 3.8) is 0 Å². The van der Waals surface area contributed by atoms with E-state index >= 15 is 0 Å². The first kappa shape index (κ1) is 25.0. The summed E-state index contributed by atoms with van der Waals surface area (Å²) >= 11 is 0. The second-order valence-electron chi connectivity index (χ2n) is 7.36. The third-order valence-corrected chi connectivity index (χ3v) is 4.89. The van der Waals surface area contributed by atoms with E-state index in [1.807, 2.05) is 0 Å². The molecule has 0 spiro atoms. The van der Waals surface area contributed by atoms with E-state index in [-0.39, 0.29) is 25.9 Å². The van der Waals surface area contributed by atoms with Crippen molar-refractivity contribution >= 4 is 29.8 Å². The number of carboxylic acids is 2. The fraction of sp³-hybridized carbons (Fsp3) is 0.611. The van der Waals surface area contributed by atoms with Gasteiger partial charge in [0.2, 0.25) is 5.91 Å². The molecule has 2 saturated heterocycles. The summed E-state index contributed by atoms with van der Waals surface area (Å²) in [6, 6.07) is -2.15. The van der Waals surface area contributed by atoms with E-state index in [1.165, 1.54) is 0 Å². The number of aliphatic hydroxyl groups is 2. The molecule has 0 aromatic rings. The monoisotopic (exact) mass is 458 g/mol. The van der Waals surface area contributed by atoms with Gasteiger partial charge in [-0.1, -0.05) is 6.58 Å². The molecule has 0 aromatic heterocycles. The first-order chi connectivity index (χ1) is 15.0. The molecule has 0 radical (unpaired) electrons. The molecule has 2 aliphatic rings. The molecular weight excluding hydrogens is 432 g/mol. The number of carbonyl (C=O) groups is 5. The van der Waals surface area contributed by atoms with Crippen molar-refractivity contribution in [1.82, 2.24) is 20.9 Å². The molecule has 5 atom stereocenters. The summed E-state index contributed by atoms with van der Waals surface area (Å²) in [5, 5.41) is 44.9. The van der Waals surface area contributed by atoms with Crippen LogP contribution in [0.1, 0.15) is 25.7 Å². The van der Waals surface area contributed by atoms with Crippen LogP contribution in [-0.2, 0) is 23.9 Å². The number of carboxylic acid groups (broad SMARTS) is 2. The van der Waals surface area contributed by atoms with Gasteiger partial charge in [-0.25, -0.2) is 9.59 Å². The minimum atomic E-state index is -1.59. The number of hydrogen-bond donors (Lipinski definition) is 7. The lowest BCUT2D eigenvalue weighted by atomic mass is 10.1. The number of aliphatic hydroxyl groups excluding tert-OH is 2. The van der Waals surface area contributed by atoms with Gasteiger partial charge in [-0.05, 0) is 6.42 Å². The fourth-order valence-corrected chi connectivity index (χ4v) is 3.22. The molecule has 14 heteroatoms. The zero-order valence-electron chi connectivity index (χ0n) is 17.0. The van der Waals surface area contributed by atoms with E-state index in [9.17, 15) is 34.2 Å². The fourth-order valence-electron chi connectivity index (χ4n) is 3.22. The number of carbonyl (C=O) groups excluding carboxylic acids is 3. The molecule has 7 N–H and O–H groups in total. The normalized spacial score (nSPS) is 26.2. The van der Waals surface area contributed by atoms with Crippen LogP contribution in [-0.4, -0.2) is 98.8 Å². The predicted molar refractivity (Wildman–Crippen MR) is 104 cm³/mol. The molecule has 14 nitrogen and oxygen atoms in total. The van der Waals surface area contributed by atoms with Gasteiger partial charge < -0.3 is 41.1 Å². The van der Waals surface area contributed by atoms with Crippen LogP contribution in [0.3, 0.4) is 0 Å². The van der Waals surface area contributed by atoms with E-state index in [4.69, 9.17) is 14.9 Å². The maximum absolute atomic E-state index is 12.3. The summed E-state index contributed by atoms with van der Waals surface area (Å²) in [4.78, 5) is 58.9. The van der Waals surface area contributed by atoms with Crippen molar-refractivity contribution in [3.8, 4) is 0 Å². The first-order valence-electron chi connectivity index (χ1n) is 9.80. The van der Waals surface area contributed by atoms with Crippen molar-refractivity contribution in [2.24, 2.45) is 0 Å². The van der Waals surface area contributed by atoms with Crippen LogP contribution in [0.15, 0.2) is 12.3 Å².